The van der Waals surface area contributed by atoms with Crippen LogP contribution in [0.5, 0.6) is 0 Å². The smallest absolute Gasteiger partial charge is 0.276 e. The number of H-pyrrole nitrogens is 1. The molecule has 118 valence electrons. The molecular weight excluding hydrogens is 308 g/mol. The van der Waals surface area contributed by atoms with Crippen LogP contribution in [0.2, 0.25) is 0 Å². The third-order valence-corrected chi connectivity index (χ3v) is 4.89. The number of aromatic nitrogens is 3. The van der Waals surface area contributed by atoms with E-state index in [0.29, 0.717) is 31.0 Å². The minimum atomic E-state index is -3.34. The Labute approximate surface area is 127 Å². The SMILES string of the molecule is Cc1cc(C(=O)N2CC[C@@H](c3[nH]ncc3S(C)(=O)=O)C2)no1. The second-order valence-corrected chi connectivity index (χ2v) is 7.46. The van der Waals surface area contributed by atoms with Crippen LogP contribution in [0, 0.1) is 6.92 Å². The van der Waals surface area contributed by atoms with Gasteiger partial charge in [0.05, 0.1) is 11.9 Å². The summed E-state index contributed by atoms with van der Waals surface area (Å²) in [6, 6.07) is 1.59. The van der Waals surface area contributed by atoms with Crippen molar-refractivity contribution in [2.24, 2.45) is 0 Å². The number of aromatic amines is 1. The molecule has 0 aliphatic carbocycles. The van der Waals surface area contributed by atoms with Gasteiger partial charge in [-0.1, -0.05) is 5.16 Å². The van der Waals surface area contributed by atoms with Crippen LogP contribution in [0.15, 0.2) is 21.7 Å². The van der Waals surface area contributed by atoms with Gasteiger partial charge in [-0.15, -0.1) is 0 Å². The molecule has 2 aromatic heterocycles. The fraction of sp³-hybridized carbons (Fsp3) is 0.462. The van der Waals surface area contributed by atoms with E-state index in [1.165, 1.54) is 6.20 Å². The second-order valence-electron chi connectivity index (χ2n) is 5.48. The predicted octanol–water partition coefficient (Wildman–Crippen LogP) is 0.739. The first-order valence-corrected chi connectivity index (χ1v) is 8.71. The average molecular weight is 324 g/mol. The Morgan fingerprint density at radius 2 is 2.27 bits per heavy atom. The molecule has 0 radical (unpaired) electrons. The van der Waals surface area contributed by atoms with E-state index in [0.717, 1.165) is 6.26 Å². The summed E-state index contributed by atoms with van der Waals surface area (Å²) in [6.07, 6.45) is 3.14. The van der Waals surface area contributed by atoms with Crippen molar-refractivity contribution in [1.82, 2.24) is 20.3 Å². The summed E-state index contributed by atoms with van der Waals surface area (Å²) in [6.45, 7) is 2.69. The van der Waals surface area contributed by atoms with Crippen molar-refractivity contribution in [2.75, 3.05) is 19.3 Å². The summed E-state index contributed by atoms with van der Waals surface area (Å²) < 4.78 is 28.4. The summed E-state index contributed by atoms with van der Waals surface area (Å²) in [5, 5.41) is 10.3. The van der Waals surface area contributed by atoms with Gasteiger partial charge in [0.15, 0.2) is 15.5 Å². The number of hydrogen-bond donors (Lipinski definition) is 1. The van der Waals surface area contributed by atoms with Crippen molar-refractivity contribution in [1.29, 1.82) is 0 Å². The Morgan fingerprint density at radius 3 is 2.91 bits per heavy atom. The first kappa shape index (κ1) is 14.8. The highest BCUT2D eigenvalue weighted by molar-refractivity contribution is 7.90. The molecule has 3 heterocycles. The van der Waals surface area contributed by atoms with Crippen LogP contribution >= 0.6 is 0 Å². The molecule has 9 heteroatoms. The number of likely N-dealkylation sites (tertiary alicyclic amines) is 1. The van der Waals surface area contributed by atoms with Crippen LogP contribution in [0.3, 0.4) is 0 Å². The maximum atomic E-state index is 12.3. The van der Waals surface area contributed by atoms with Crippen molar-refractivity contribution >= 4 is 15.7 Å². The molecule has 0 saturated carbocycles. The zero-order chi connectivity index (χ0) is 15.9. The maximum Gasteiger partial charge on any atom is 0.276 e. The molecule has 1 saturated heterocycles. The molecule has 1 atom stereocenters. The number of hydrogen-bond acceptors (Lipinski definition) is 6. The normalized spacial score (nSPS) is 18.8. The van der Waals surface area contributed by atoms with Gasteiger partial charge < -0.3 is 9.42 Å². The third kappa shape index (κ3) is 2.63. The zero-order valence-corrected chi connectivity index (χ0v) is 13.1. The van der Waals surface area contributed by atoms with Gasteiger partial charge in [-0.2, -0.15) is 5.10 Å². The number of nitrogens with one attached hydrogen (secondary N) is 1. The van der Waals surface area contributed by atoms with Crippen molar-refractivity contribution in [3.8, 4) is 0 Å². The van der Waals surface area contributed by atoms with Gasteiger partial charge in [0, 0.05) is 31.3 Å². The molecule has 8 nitrogen and oxygen atoms in total. The van der Waals surface area contributed by atoms with Gasteiger partial charge in [-0.25, -0.2) is 8.42 Å². The molecule has 1 amide bonds. The fourth-order valence-corrected chi connectivity index (χ4v) is 3.54. The lowest BCUT2D eigenvalue weighted by atomic mass is 10.1. The average Bonchev–Trinajstić information content (AvgIpc) is 3.16. The van der Waals surface area contributed by atoms with Gasteiger partial charge in [-0.05, 0) is 13.3 Å². The number of aryl methyl sites for hydroxylation is 1. The molecule has 22 heavy (non-hydrogen) atoms. The van der Waals surface area contributed by atoms with Crippen LogP contribution < -0.4 is 0 Å². The Kier molecular flexibility index (Phi) is 3.51. The summed E-state index contributed by atoms with van der Waals surface area (Å²) in [7, 11) is -3.34. The lowest BCUT2D eigenvalue weighted by Gasteiger charge is -2.14. The molecule has 1 aliphatic heterocycles. The largest absolute Gasteiger partial charge is 0.361 e. The first-order chi connectivity index (χ1) is 10.4. The van der Waals surface area contributed by atoms with E-state index >= 15 is 0 Å². The molecule has 0 unspecified atom stereocenters. The number of nitrogens with zero attached hydrogens (tertiary/aromatic N) is 3. The van der Waals surface area contributed by atoms with Crippen LogP contribution in [-0.2, 0) is 9.84 Å². The van der Waals surface area contributed by atoms with Crippen LogP contribution in [-0.4, -0.2) is 53.9 Å². The standard InChI is InChI=1S/C13H16N4O4S/c1-8-5-10(16-21-8)13(18)17-4-3-9(7-17)12-11(6-14-15-12)22(2,19)20/h5-6,9H,3-4,7H2,1-2H3,(H,14,15)/t9-/m1/s1. The number of amides is 1. The summed E-state index contributed by atoms with van der Waals surface area (Å²) in [5.41, 5.74) is 0.834. The van der Waals surface area contributed by atoms with Gasteiger partial charge in [0.1, 0.15) is 10.7 Å². The van der Waals surface area contributed by atoms with Gasteiger partial charge in [-0.3, -0.25) is 9.89 Å². The van der Waals surface area contributed by atoms with E-state index in [4.69, 9.17) is 4.52 Å². The van der Waals surface area contributed by atoms with Crippen molar-refractivity contribution in [3.05, 3.63) is 29.4 Å². The molecular formula is C13H16N4O4S. The third-order valence-electron chi connectivity index (χ3n) is 3.76. The van der Waals surface area contributed by atoms with E-state index in [1.807, 2.05) is 0 Å². The van der Waals surface area contributed by atoms with Crippen molar-refractivity contribution in [3.63, 3.8) is 0 Å². The second kappa shape index (κ2) is 5.24. The van der Waals surface area contributed by atoms with Crippen LogP contribution in [0.1, 0.15) is 34.3 Å². The molecule has 0 spiro atoms. The molecule has 3 rings (SSSR count). The minimum absolute atomic E-state index is 0.0795. The minimum Gasteiger partial charge on any atom is -0.361 e. The molecule has 0 aromatic carbocycles. The highest BCUT2D eigenvalue weighted by Crippen LogP contribution is 2.30. The van der Waals surface area contributed by atoms with Crippen molar-refractivity contribution in [2.45, 2.75) is 24.2 Å². The Balaban J connectivity index is 1.78. The van der Waals surface area contributed by atoms with Crippen LogP contribution in [0.4, 0.5) is 0 Å². The zero-order valence-electron chi connectivity index (χ0n) is 12.2. The number of carbonyl (C=O) groups excluding carboxylic acids is 1. The molecule has 2 aromatic rings. The quantitative estimate of drug-likeness (QED) is 0.892. The Morgan fingerprint density at radius 1 is 1.50 bits per heavy atom. The number of carbonyl (C=O) groups is 1. The molecule has 1 fully saturated rings. The van der Waals surface area contributed by atoms with E-state index in [1.54, 1.807) is 17.9 Å². The molecule has 1 aliphatic rings. The van der Waals surface area contributed by atoms with E-state index < -0.39 is 9.84 Å². The summed E-state index contributed by atoms with van der Waals surface area (Å²) in [5.74, 6) is 0.288. The summed E-state index contributed by atoms with van der Waals surface area (Å²) >= 11 is 0. The molecule has 0 bridgehead atoms. The van der Waals surface area contributed by atoms with E-state index in [-0.39, 0.29) is 22.4 Å². The highest BCUT2D eigenvalue weighted by atomic mass is 32.2. The van der Waals surface area contributed by atoms with Gasteiger partial charge >= 0.3 is 0 Å². The maximum absolute atomic E-state index is 12.3. The van der Waals surface area contributed by atoms with E-state index in [9.17, 15) is 13.2 Å². The van der Waals surface area contributed by atoms with Crippen molar-refractivity contribution < 1.29 is 17.7 Å². The van der Waals surface area contributed by atoms with E-state index in [2.05, 4.69) is 15.4 Å². The molecule has 1 N–H and O–H groups in total. The fourth-order valence-electron chi connectivity index (χ4n) is 2.68. The van der Waals surface area contributed by atoms with Gasteiger partial charge in [0.2, 0.25) is 0 Å². The predicted molar refractivity (Wildman–Crippen MR) is 76.2 cm³/mol. The first-order valence-electron chi connectivity index (χ1n) is 6.82. The topological polar surface area (TPSA) is 109 Å². The van der Waals surface area contributed by atoms with Crippen LogP contribution in [0.25, 0.3) is 0 Å². The van der Waals surface area contributed by atoms with Gasteiger partial charge in [0.25, 0.3) is 5.91 Å². The lowest BCUT2D eigenvalue weighted by molar-refractivity contribution is 0.0780. The summed E-state index contributed by atoms with van der Waals surface area (Å²) in [4.78, 5) is 14.2. The monoisotopic (exact) mass is 324 g/mol. The lowest BCUT2D eigenvalue weighted by Crippen LogP contribution is -2.28. The Hall–Kier alpha value is -2.16. The number of rotatable bonds is 3. The Bertz CT molecular complexity index is 808. The highest BCUT2D eigenvalue weighted by Gasteiger charge is 2.33. The number of sulfone groups is 1.